The highest BCUT2D eigenvalue weighted by atomic mass is 127. The Balaban J connectivity index is 2.56. The number of hydrogen-bond donors (Lipinski definition) is 1. The van der Waals surface area contributed by atoms with Crippen LogP contribution in [0.25, 0.3) is 11.5 Å². The molecule has 0 saturated heterocycles. The molecule has 0 aromatic carbocycles. The topological polar surface area (TPSA) is 55.6 Å². The number of halogens is 1. The van der Waals surface area contributed by atoms with Gasteiger partial charge in [0.25, 0.3) is 0 Å². The van der Waals surface area contributed by atoms with Crippen molar-refractivity contribution < 1.29 is 0 Å². The molecule has 2 aromatic heterocycles. The second-order valence-corrected chi connectivity index (χ2v) is 6.02. The summed E-state index contributed by atoms with van der Waals surface area (Å²) in [5.74, 6) is 1.62. The first kappa shape index (κ1) is 15.2. The van der Waals surface area contributed by atoms with Crippen LogP contribution in [0.5, 0.6) is 0 Å². The number of aryl methyl sites for hydroxylation is 1. The number of rotatable bonds is 5. The van der Waals surface area contributed by atoms with Gasteiger partial charge in [-0.2, -0.15) is 0 Å². The number of hydrogen-bond acceptors (Lipinski definition) is 4. The molecule has 20 heavy (non-hydrogen) atoms. The minimum atomic E-state index is 0.336. The largest absolute Gasteiger partial charge is 0.372 e. The molecule has 6 heteroatoms. The van der Waals surface area contributed by atoms with Crippen LogP contribution in [-0.4, -0.2) is 26.6 Å². The predicted molar refractivity (Wildman–Crippen MR) is 89.9 cm³/mol. The lowest BCUT2D eigenvalue weighted by atomic mass is 10.2. The van der Waals surface area contributed by atoms with Gasteiger partial charge in [0, 0.05) is 13.1 Å². The number of aromatic nitrogens is 4. The van der Waals surface area contributed by atoms with Crippen molar-refractivity contribution in [2.75, 3.05) is 12.4 Å². The van der Waals surface area contributed by atoms with Crippen molar-refractivity contribution in [3.63, 3.8) is 0 Å². The van der Waals surface area contributed by atoms with Crippen molar-refractivity contribution in [2.45, 2.75) is 39.7 Å². The van der Waals surface area contributed by atoms with E-state index in [1.165, 1.54) is 0 Å². The smallest absolute Gasteiger partial charge is 0.180 e. The van der Waals surface area contributed by atoms with Crippen LogP contribution in [0.15, 0.2) is 12.5 Å². The highest BCUT2D eigenvalue weighted by Gasteiger charge is 2.15. The first-order valence-electron chi connectivity index (χ1n) is 6.84. The standard InChI is InChI=1S/C14H20IN5/c1-5-6-10-12(15)14(16-4)19-13(18-10)11-7-17-8-20(11)9(2)3/h7-9H,5-6H2,1-4H3,(H,16,18,19). The van der Waals surface area contributed by atoms with Gasteiger partial charge in [-0.1, -0.05) is 13.3 Å². The molecule has 0 fully saturated rings. The van der Waals surface area contributed by atoms with Crippen molar-refractivity contribution in [3.8, 4) is 11.5 Å². The van der Waals surface area contributed by atoms with E-state index in [2.05, 4.69) is 63.2 Å². The lowest BCUT2D eigenvalue weighted by molar-refractivity contribution is 0.603. The summed E-state index contributed by atoms with van der Waals surface area (Å²) in [6.07, 6.45) is 5.69. The lowest BCUT2D eigenvalue weighted by Gasteiger charge is -2.14. The van der Waals surface area contributed by atoms with Crippen LogP contribution in [-0.2, 0) is 6.42 Å². The van der Waals surface area contributed by atoms with Gasteiger partial charge in [0.1, 0.15) is 11.5 Å². The van der Waals surface area contributed by atoms with Crippen LogP contribution >= 0.6 is 22.6 Å². The van der Waals surface area contributed by atoms with Gasteiger partial charge in [-0.05, 0) is 42.9 Å². The molecule has 0 saturated carbocycles. The molecule has 0 aliphatic carbocycles. The Labute approximate surface area is 133 Å². The molecular weight excluding hydrogens is 365 g/mol. The third-order valence-electron chi connectivity index (χ3n) is 3.09. The molecule has 5 nitrogen and oxygen atoms in total. The van der Waals surface area contributed by atoms with Gasteiger partial charge in [0.15, 0.2) is 5.82 Å². The number of imidazole rings is 1. The number of anilines is 1. The van der Waals surface area contributed by atoms with Gasteiger partial charge in [-0.3, -0.25) is 0 Å². The molecule has 1 N–H and O–H groups in total. The molecule has 2 rings (SSSR count). The number of nitrogens with one attached hydrogen (secondary N) is 1. The van der Waals surface area contributed by atoms with E-state index in [9.17, 15) is 0 Å². The van der Waals surface area contributed by atoms with Gasteiger partial charge in [0.2, 0.25) is 0 Å². The van der Waals surface area contributed by atoms with E-state index in [4.69, 9.17) is 4.98 Å². The van der Waals surface area contributed by atoms with Crippen LogP contribution in [0.3, 0.4) is 0 Å². The third-order valence-corrected chi connectivity index (χ3v) is 4.23. The summed E-state index contributed by atoms with van der Waals surface area (Å²) in [5, 5.41) is 3.16. The quantitative estimate of drug-likeness (QED) is 0.801. The van der Waals surface area contributed by atoms with E-state index in [1.807, 2.05) is 19.6 Å². The van der Waals surface area contributed by atoms with Crippen LogP contribution in [0.2, 0.25) is 0 Å². The minimum absolute atomic E-state index is 0.336. The monoisotopic (exact) mass is 385 g/mol. The average Bonchev–Trinajstić information content (AvgIpc) is 2.90. The lowest BCUT2D eigenvalue weighted by Crippen LogP contribution is -2.08. The Kier molecular flexibility index (Phi) is 4.95. The van der Waals surface area contributed by atoms with Crippen LogP contribution in [0, 0.1) is 3.57 Å². The Bertz CT molecular complexity index is 591. The molecular formula is C14H20IN5. The Morgan fingerprint density at radius 3 is 2.70 bits per heavy atom. The maximum Gasteiger partial charge on any atom is 0.180 e. The fourth-order valence-electron chi connectivity index (χ4n) is 2.07. The van der Waals surface area contributed by atoms with E-state index in [0.717, 1.165) is 39.4 Å². The first-order chi connectivity index (χ1) is 9.58. The van der Waals surface area contributed by atoms with Gasteiger partial charge >= 0.3 is 0 Å². The van der Waals surface area contributed by atoms with Crippen LogP contribution in [0.4, 0.5) is 5.82 Å². The molecule has 0 atom stereocenters. The second kappa shape index (κ2) is 6.51. The van der Waals surface area contributed by atoms with Gasteiger partial charge in [0.05, 0.1) is 21.8 Å². The molecule has 108 valence electrons. The fourth-order valence-corrected chi connectivity index (χ4v) is 2.85. The van der Waals surface area contributed by atoms with Gasteiger partial charge in [-0.25, -0.2) is 15.0 Å². The highest BCUT2D eigenvalue weighted by Crippen LogP contribution is 2.25. The zero-order chi connectivity index (χ0) is 14.7. The van der Waals surface area contributed by atoms with Crippen molar-refractivity contribution in [1.29, 1.82) is 0 Å². The summed E-state index contributed by atoms with van der Waals surface area (Å²) in [6, 6.07) is 0.336. The maximum atomic E-state index is 4.74. The van der Waals surface area contributed by atoms with Crippen molar-refractivity contribution >= 4 is 28.4 Å². The molecule has 2 heterocycles. The first-order valence-corrected chi connectivity index (χ1v) is 7.92. The molecule has 0 unspecified atom stereocenters. The second-order valence-electron chi connectivity index (χ2n) is 4.94. The molecule has 0 amide bonds. The predicted octanol–water partition coefficient (Wildman–Crippen LogP) is 3.52. The normalized spacial score (nSPS) is 11.1. The Morgan fingerprint density at radius 2 is 2.10 bits per heavy atom. The maximum absolute atomic E-state index is 4.74. The summed E-state index contributed by atoms with van der Waals surface area (Å²) in [7, 11) is 1.89. The summed E-state index contributed by atoms with van der Waals surface area (Å²) in [4.78, 5) is 13.6. The zero-order valence-electron chi connectivity index (χ0n) is 12.3. The summed E-state index contributed by atoms with van der Waals surface area (Å²) in [6.45, 7) is 6.42. The van der Waals surface area contributed by atoms with Gasteiger partial charge < -0.3 is 9.88 Å². The minimum Gasteiger partial charge on any atom is -0.372 e. The van der Waals surface area contributed by atoms with Crippen LogP contribution < -0.4 is 5.32 Å². The van der Waals surface area contributed by atoms with Gasteiger partial charge in [-0.15, -0.1) is 0 Å². The van der Waals surface area contributed by atoms with E-state index < -0.39 is 0 Å². The Morgan fingerprint density at radius 1 is 1.35 bits per heavy atom. The van der Waals surface area contributed by atoms with Crippen molar-refractivity contribution in [2.24, 2.45) is 0 Å². The highest BCUT2D eigenvalue weighted by molar-refractivity contribution is 14.1. The van der Waals surface area contributed by atoms with E-state index in [0.29, 0.717) is 6.04 Å². The average molecular weight is 385 g/mol. The summed E-state index contributed by atoms with van der Waals surface area (Å²) < 4.78 is 3.20. The third kappa shape index (κ3) is 2.94. The molecule has 0 radical (unpaired) electrons. The van der Waals surface area contributed by atoms with E-state index >= 15 is 0 Å². The molecule has 0 spiro atoms. The van der Waals surface area contributed by atoms with E-state index in [1.54, 1.807) is 0 Å². The van der Waals surface area contributed by atoms with Crippen molar-refractivity contribution in [1.82, 2.24) is 19.5 Å². The summed E-state index contributed by atoms with van der Waals surface area (Å²) >= 11 is 2.31. The number of nitrogens with zero attached hydrogens (tertiary/aromatic N) is 4. The molecule has 0 aliphatic rings. The molecule has 2 aromatic rings. The molecule has 0 bridgehead atoms. The van der Waals surface area contributed by atoms with Crippen LogP contribution in [0.1, 0.15) is 38.9 Å². The van der Waals surface area contributed by atoms with Crippen molar-refractivity contribution in [3.05, 3.63) is 21.8 Å². The molecule has 0 aliphatic heterocycles. The fraction of sp³-hybridized carbons (Fsp3) is 0.500. The zero-order valence-corrected chi connectivity index (χ0v) is 14.5. The SMILES string of the molecule is CCCc1nc(-c2cncn2C(C)C)nc(NC)c1I. The van der Waals surface area contributed by atoms with E-state index in [-0.39, 0.29) is 0 Å². The Hall–Kier alpha value is -1.18. The summed E-state index contributed by atoms with van der Waals surface area (Å²) in [5.41, 5.74) is 2.06.